The van der Waals surface area contributed by atoms with Crippen LogP contribution in [0.3, 0.4) is 0 Å². The summed E-state index contributed by atoms with van der Waals surface area (Å²) in [6.45, 7) is 10.7. The van der Waals surface area contributed by atoms with E-state index in [1.54, 1.807) is 0 Å². The summed E-state index contributed by atoms with van der Waals surface area (Å²) in [6.07, 6.45) is 0.957. The molecule has 2 N–H and O–H groups in total. The highest BCUT2D eigenvalue weighted by Gasteiger charge is 2.19. The van der Waals surface area contributed by atoms with Gasteiger partial charge in [0.25, 0.3) is 0 Å². The molecule has 0 saturated carbocycles. The van der Waals surface area contributed by atoms with Crippen molar-refractivity contribution >= 4 is 16.5 Å². The first kappa shape index (κ1) is 12.8. The number of hydrogen-bond donors (Lipinski definition) is 1. The summed E-state index contributed by atoms with van der Waals surface area (Å²) in [6, 6.07) is 0. The standard InChI is InChI=1S/C12H22N4S/c1-3-15-6-8-16(9-7-15)12-14-10(2)11(17-12)4-5-13/h3-9,13H2,1-2H3. The summed E-state index contributed by atoms with van der Waals surface area (Å²) in [5.74, 6) is 0. The van der Waals surface area contributed by atoms with Crippen LogP contribution in [0.4, 0.5) is 5.13 Å². The maximum Gasteiger partial charge on any atom is 0.185 e. The van der Waals surface area contributed by atoms with Crippen molar-refractivity contribution in [2.24, 2.45) is 5.73 Å². The second kappa shape index (κ2) is 5.80. The van der Waals surface area contributed by atoms with Crippen LogP contribution in [-0.2, 0) is 6.42 Å². The molecule has 0 radical (unpaired) electrons. The highest BCUT2D eigenvalue weighted by Crippen LogP contribution is 2.26. The Morgan fingerprint density at radius 3 is 2.59 bits per heavy atom. The molecule has 0 spiro atoms. The fourth-order valence-electron chi connectivity index (χ4n) is 2.17. The lowest BCUT2D eigenvalue weighted by atomic mass is 10.3. The first-order valence-corrected chi connectivity index (χ1v) is 7.20. The second-order valence-electron chi connectivity index (χ2n) is 4.47. The number of likely N-dealkylation sites (N-methyl/N-ethyl adjacent to an activating group) is 1. The number of rotatable bonds is 4. The Morgan fingerprint density at radius 1 is 1.29 bits per heavy atom. The largest absolute Gasteiger partial charge is 0.346 e. The van der Waals surface area contributed by atoms with E-state index in [2.05, 4.69) is 28.6 Å². The highest BCUT2D eigenvalue weighted by atomic mass is 32.1. The smallest absolute Gasteiger partial charge is 0.185 e. The molecule has 0 aromatic carbocycles. The van der Waals surface area contributed by atoms with Crippen LogP contribution < -0.4 is 10.6 Å². The molecule has 5 heteroatoms. The van der Waals surface area contributed by atoms with Gasteiger partial charge in [0.1, 0.15) is 0 Å². The molecule has 0 amide bonds. The Balaban J connectivity index is 2.00. The lowest BCUT2D eigenvalue weighted by molar-refractivity contribution is 0.271. The normalized spacial score (nSPS) is 17.7. The summed E-state index contributed by atoms with van der Waals surface area (Å²) in [4.78, 5) is 10.9. The van der Waals surface area contributed by atoms with Gasteiger partial charge in [-0.2, -0.15) is 0 Å². The zero-order valence-electron chi connectivity index (χ0n) is 10.8. The van der Waals surface area contributed by atoms with Gasteiger partial charge in [-0.1, -0.05) is 6.92 Å². The van der Waals surface area contributed by atoms with Gasteiger partial charge in [-0.3, -0.25) is 0 Å². The average molecular weight is 254 g/mol. The Labute approximate surface area is 107 Å². The molecule has 17 heavy (non-hydrogen) atoms. The van der Waals surface area contributed by atoms with E-state index in [0.29, 0.717) is 6.54 Å². The SMILES string of the molecule is CCN1CCN(c2nc(C)c(CCN)s2)CC1. The minimum absolute atomic E-state index is 0.714. The first-order chi connectivity index (χ1) is 8.24. The minimum atomic E-state index is 0.714. The number of thiazole rings is 1. The van der Waals surface area contributed by atoms with Crippen LogP contribution in [0.1, 0.15) is 17.5 Å². The van der Waals surface area contributed by atoms with Crippen molar-refractivity contribution in [3.8, 4) is 0 Å². The number of anilines is 1. The maximum atomic E-state index is 5.61. The fraction of sp³-hybridized carbons (Fsp3) is 0.750. The van der Waals surface area contributed by atoms with E-state index in [1.807, 2.05) is 11.3 Å². The number of nitrogens with two attached hydrogens (primary N) is 1. The summed E-state index contributed by atoms with van der Waals surface area (Å²) in [5.41, 5.74) is 6.77. The molecule has 96 valence electrons. The lowest BCUT2D eigenvalue weighted by Crippen LogP contribution is -2.46. The van der Waals surface area contributed by atoms with Gasteiger partial charge >= 0.3 is 0 Å². The molecule has 0 unspecified atom stereocenters. The molecule has 1 aliphatic heterocycles. The Morgan fingerprint density at radius 2 is 2.00 bits per heavy atom. The molecular formula is C12H22N4S. The van der Waals surface area contributed by atoms with Crippen molar-refractivity contribution in [2.75, 3.05) is 44.2 Å². The molecule has 0 atom stereocenters. The first-order valence-electron chi connectivity index (χ1n) is 6.38. The predicted octanol–water partition coefficient (Wildman–Crippen LogP) is 1.09. The Hall–Kier alpha value is -0.650. The number of nitrogens with zero attached hydrogens (tertiary/aromatic N) is 3. The van der Waals surface area contributed by atoms with Gasteiger partial charge in [0, 0.05) is 31.1 Å². The monoisotopic (exact) mass is 254 g/mol. The lowest BCUT2D eigenvalue weighted by Gasteiger charge is -2.33. The number of piperazine rings is 1. The van der Waals surface area contributed by atoms with Crippen molar-refractivity contribution in [3.05, 3.63) is 10.6 Å². The van der Waals surface area contributed by atoms with Crippen LogP contribution in [0.2, 0.25) is 0 Å². The van der Waals surface area contributed by atoms with Gasteiger partial charge in [-0.25, -0.2) is 4.98 Å². The zero-order chi connectivity index (χ0) is 12.3. The van der Waals surface area contributed by atoms with Crippen LogP contribution in [0.5, 0.6) is 0 Å². The van der Waals surface area contributed by atoms with Gasteiger partial charge in [0.05, 0.1) is 5.69 Å². The molecule has 1 aromatic rings. The molecule has 2 rings (SSSR count). The topological polar surface area (TPSA) is 45.4 Å². The van der Waals surface area contributed by atoms with Crippen molar-refractivity contribution in [3.63, 3.8) is 0 Å². The van der Waals surface area contributed by atoms with E-state index in [1.165, 1.54) is 10.0 Å². The number of aromatic nitrogens is 1. The molecule has 1 fully saturated rings. The number of aryl methyl sites for hydroxylation is 1. The van der Waals surface area contributed by atoms with Crippen LogP contribution in [0.15, 0.2) is 0 Å². The van der Waals surface area contributed by atoms with E-state index >= 15 is 0 Å². The molecule has 1 saturated heterocycles. The van der Waals surface area contributed by atoms with Crippen molar-refractivity contribution in [2.45, 2.75) is 20.3 Å². The predicted molar refractivity (Wildman–Crippen MR) is 73.9 cm³/mol. The highest BCUT2D eigenvalue weighted by molar-refractivity contribution is 7.15. The van der Waals surface area contributed by atoms with Crippen LogP contribution in [0, 0.1) is 6.92 Å². The summed E-state index contributed by atoms with van der Waals surface area (Å²) in [7, 11) is 0. The maximum absolute atomic E-state index is 5.61. The molecule has 1 aromatic heterocycles. The molecule has 1 aliphatic rings. The third-order valence-corrected chi connectivity index (χ3v) is 4.62. The van der Waals surface area contributed by atoms with Gasteiger partial charge < -0.3 is 15.5 Å². The number of hydrogen-bond acceptors (Lipinski definition) is 5. The van der Waals surface area contributed by atoms with E-state index in [9.17, 15) is 0 Å². The second-order valence-corrected chi connectivity index (χ2v) is 5.53. The fourth-order valence-corrected chi connectivity index (χ4v) is 3.29. The van der Waals surface area contributed by atoms with E-state index < -0.39 is 0 Å². The van der Waals surface area contributed by atoms with Crippen molar-refractivity contribution < 1.29 is 0 Å². The van der Waals surface area contributed by atoms with Crippen LogP contribution in [-0.4, -0.2) is 49.2 Å². The zero-order valence-corrected chi connectivity index (χ0v) is 11.6. The van der Waals surface area contributed by atoms with Gasteiger partial charge in [0.2, 0.25) is 0 Å². The van der Waals surface area contributed by atoms with Crippen molar-refractivity contribution in [1.82, 2.24) is 9.88 Å². The quantitative estimate of drug-likeness (QED) is 0.874. The third-order valence-electron chi connectivity index (χ3n) is 3.34. The van der Waals surface area contributed by atoms with Crippen LogP contribution >= 0.6 is 11.3 Å². The molecule has 4 nitrogen and oxygen atoms in total. The van der Waals surface area contributed by atoms with E-state index in [-0.39, 0.29) is 0 Å². The van der Waals surface area contributed by atoms with E-state index in [4.69, 9.17) is 5.73 Å². The third kappa shape index (κ3) is 2.97. The molecule has 0 aliphatic carbocycles. The summed E-state index contributed by atoms with van der Waals surface area (Å²) in [5, 5.41) is 1.18. The van der Waals surface area contributed by atoms with Gasteiger partial charge in [0.15, 0.2) is 5.13 Å². The molecular weight excluding hydrogens is 232 g/mol. The van der Waals surface area contributed by atoms with Crippen LogP contribution in [0.25, 0.3) is 0 Å². The summed E-state index contributed by atoms with van der Waals surface area (Å²) >= 11 is 1.82. The Kier molecular flexibility index (Phi) is 4.36. The Bertz CT molecular complexity index is 355. The van der Waals surface area contributed by atoms with Crippen molar-refractivity contribution in [1.29, 1.82) is 0 Å². The molecule has 0 bridgehead atoms. The average Bonchev–Trinajstić information content (AvgIpc) is 2.72. The minimum Gasteiger partial charge on any atom is -0.346 e. The molecule has 2 heterocycles. The summed E-state index contributed by atoms with van der Waals surface area (Å²) < 4.78 is 0. The van der Waals surface area contributed by atoms with E-state index in [0.717, 1.165) is 44.8 Å². The van der Waals surface area contributed by atoms with Gasteiger partial charge in [-0.15, -0.1) is 11.3 Å². The van der Waals surface area contributed by atoms with Gasteiger partial charge in [-0.05, 0) is 26.4 Å².